The minimum absolute atomic E-state index is 0.191. The number of hydrogen-bond acceptors (Lipinski definition) is 4. The predicted molar refractivity (Wildman–Crippen MR) is 75.6 cm³/mol. The highest BCUT2D eigenvalue weighted by Gasteiger charge is 2.16. The number of rotatable bonds is 2. The van der Waals surface area contributed by atoms with E-state index in [9.17, 15) is 4.39 Å². The number of thiazole rings is 1. The third kappa shape index (κ3) is 2.97. The van der Waals surface area contributed by atoms with Gasteiger partial charge in [-0.25, -0.2) is 9.37 Å². The molecular formula is C13H18FN3S. The lowest BCUT2D eigenvalue weighted by Crippen LogP contribution is -2.13. The summed E-state index contributed by atoms with van der Waals surface area (Å²) in [4.78, 5) is 4.46. The van der Waals surface area contributed by atoms with Crippen molar-refractivity contribution in [3.8, 4) is 0 Å². The Morgan fingerprint density at radius 2 is 2.06 bits per heavy atom. The van der Waals surface area contributed by atoms with Gasteiger partial charge in [-0.2, -0.15) is 0 Å². The molecule has 1 aliphatic carbocycles. The Labute approximate surface area is 110 Å². The summed E-state index contributed by atoms with van der Waals surface area (Å²) in [5.74, 6) is -0.191. The largest absolute Gasteiger partial charge is 0.359 e. The number of nitrogens with two attached hydrogens (primary N) is 1. The fourth-order valence-electron chi connectivity index (χ4n) is 2.20. The first-order valence-electron chi connectivity index (χ1n) is 6.21. The molecule has 1 aliphatic rings. The lowest BCUT2D eigenvalue weighted by Gasteiger charge is -2.09. The molecule has 0 atom stereocenters. The van der Waals surface area contributed by atoms with Crippen LogP contribution in [0.2, 0.25) is 0 Å². The molecule has 98 valence electrons. The van der Waals surface area contributed by atoms with Gasteiger partial charge in [0.1, 0.15) is 5.82 Å². The molecule has 1 saturated carbocycles. The van der Waals surface area contributed by atoms with Crippen LogP contribution in [0.25, 0.3) is 10.2 Å². The molecule has 0 aliphatic heterocycles. The highest BCUT2D eigenvalue weighted by Crippen LogP contribution is 2.29. The zero-order chi connectivity index (χ0) is 13.0. The van der Waals surface area contributed by atoms with Crippen molar-refractivity contribution in [2.75, 3.05) is 12.4 Å². The van der Waals surface area contributed by atoms with Gasteiger partial charge in [0.05, 0.1) is 10.2 Å². The van der Waals surface area contributed by atoms with E-state index in [4.69, 9.17) is 0 Å². The number of nitrogens with one attached hydrogen (secondary N) is 1. The molecule has 2 aromatic rings. The molecule has 3 nitrogen and oxygen atoms in total. The Morgan fingerprint density at radius 1 is 1.33 bits per heavy atom. The summed E-state index contributed by atoms with van der Waals surface area (Å²) in [7, 11) is 1.50. The first kappa shape index (κ1) is 13.2. The van der Waals surface area contributed by atoms with Gasteiger partial charge in [-0.3, -0.25) is 0 Å². The van der Waals surface area contributed by atoms with E-state index in [1.165, 1.54) is 50.1 Å². The van der Waals surface area contributed by atoms with Gasteiger partial charge in [0.15, 0.2) is 5.13 Å². The Morgan fingerprint density at radius 3 is 2.78 bits per heavy atom. The van der Waals surface area contributed by atoms with Gasteiger partial charge in [-0.1, -0.05) is 24.2 Å². The number of hydrogen-bond donors (Lipinski definition) is 2. The number of halogens is 1. The number of anilines is 1. The van der Waals surface area contributed by atoms with Crippen LogP contribution in [0.5, 0.6) is 0 Å². The van der Waals surface area contributed by atoms with E-state index in [1.54, 1.807) is 12.1 Å². The van der Waals surface area contributed by atoms with E-state index in [-0.39, 0.29) is 5.82 Å². The topological polar surface area (TPSA) is 50.9 Å². The third-order valence-electron chi connectivity index (χ3n) is 3.03. The van der Waals surface area contributed by atoms with Crippen molar-refractivity contribution in [2.24, 2.45) is 5.73 Å². The Bertz CT molecular complexity index is 506. The van der Waals surface area contributed by atoms with Crippen molar-refractivity contribution in [3.05, 3.63) is 24.0 Å². The van der Waals surface area contributed by atoms with Crippen LogP contribution >= 0.6 is 11.3 Å². The number of benzene rings is 1. The van der Waals surface area contributed by atoms with E-state index in [0.29, 0.717) is 6.04 Å². The van der Waals surface area contributed by atoms with Crippen LogP contribution in [0.1, 0.15) is 25.7 Å². The van der Waals surface area contributed by atoms with Crippen molar-refractivity contribution in [3.63, 3.8) is 0 Å². The molecule has 0 spiro atoms. The van der Waals surface area contributed by atoms with E-state index in [0.717, 1.165) is 15.3 Å². The average molecular weight is 267 g/mol. The van der Waals surface area contributed by atoms with Crippen molar-refractivity contribution < 1.29 is 4.39 Å². The van der Waals surface area contributed by atoms with Gasteiger partial charge in [0.2, 0.25) is 0 Å². The monoisotopic (exact) mass is 267 g/mol. The zero-order valence-corrected chi connectivity index (χ0v) is 11.3. The first-order chi connectivity index (χ1) is 8.81. The second-order valence-electron chi connectivity index (χ2n) is 4.26. The summed E-state index contributed by atoms with van der Waals surface area (Å²) in [6, 6.07) is 5.31. The van der Waals surface area contributed by atoms with Crippen molar-refractivity contribution in [2.45, 2.75) is 31.7 Å². The van der Waals surface area contributed by atoms with Crippen LogP contribution in [-0.4, -0.2) is 18.1 Å². The van der Waals surface area contributed by atoms with Crippen LogP contribution in [0.4, 0.5) is 9.52 Å². The number of aromatic nitrogens is 1. The highest BCUT2D eigenvalue weighted by molar-refractivity contribution is 7.22. The van der Waals surface area contributed by atoms with Crippen LogP contribution in [0.15, 0.2) is 18.2 Å². The van der Waals surface area contributed by atoms with E-state index in [1.807, 2.05) is 0 Å². The second kappa shape index (κ2) is 6.11. The molecule has 1 aromatic carbocycles. The second-order valence-corrected chi connectivity index (χ2v) is 5.29. The molecular weight excluding hydrogens is 249 g/mol. The SMILES string of the molecule is CN.Fc1ccc2nc(NC3CCCC3)sc2c1. The minimum Gasteiger partial charge on any atom is -0.359 e. The van der Waals surface area contributed by atoms with Crippen LogP contribution in [0.3, 0.4) is 0 Å². The van der Waals surface area contributed by atoms with Gasteiger partial charge in [-0.05, 0) is 38.1 Å². The lowest BCUT2D eigenvalue weighted by molar-refractivity contribution is 0.630. The average Bonchev–Trinajstić information content (AvgIpc) is 3.00. The van der Waals surface area contributed by atoms with Crippen molar-refractivity contribution in [1.82, 2.24) is 4.98 Å². The standard InChI is InChI=1S/C12H13FN2S.CH5N/c13-8-5-6-10-11(7-8)16-12(15-10)14-9-3-1-2-4-9;1-2/h5-7,9H,1-4H2,(H,14,15);2H2,1H3. The minimum atomic E-state index is -0.191. The molecule has 1 aromatic heterocycles. The van der Waals surface area contributed by atoms with Crippen molar-refractivity contribution >= 4 is 26.7 Å². The molecule has 0 unspecified atom stereocenters. The molecule has 3 rings (SSSR count). The molecule has 18 heavy (non-hydrogen) atoms. The molecule has 5 heteroatoms. The van der Waals surface area contributed by atoms with Gasteiger partial charge in [0.25, 0.3) is 0 Å². The van der Waals surface area contributed by atoms with Crippen LogP contribution in [0, 0.1) is 5.82 Å². The molecule has 1 fully saturated rings. The van der Waals surface area contributed by atoms with Gasteiger partial charge in [-0.15, -0.1) is 0 Å². The molecule has 0 amide bonds. The molecule has 1 heterocycles. The quantitative estimate of drug-likeness (QED) is 0.877. The van der Waals surface area contributed by atoms with Gasteiger partial charge >= 0.3 is 0 Å². The molecule has 0 bridgehead atoms. The highest BCUT2D eigenvalue weighted by atomic mass is 32.1. The smallest absolute Gasteiger partial charge is 0.184 e. The fourth-order valence-corrected chi connectivity index (χ4v) is 3.17. The molecule has 3 N–H and O–H groups in total. The number of nitrogens with zero attached hydrogens (tertiary/aromatic N) is 1. The molecule has 0 saturated heterocycles. The van der Waals surface area contributed by atoms with Gasteiger partial charge < -0.3 is 11.1 Å². The predicted octanol–water partition coefficient (Wildman–Crippen LogP) is 3.36. The molecule has 0 radical (unpaired) electrons. The lowest BCUT2D eigenvalue weighted by atomic mass is 10.3. The van der Waals surface area contributed by atoms with Crippen LogP contribution < -0.4 is 11.1 Å². The van der Waals surface area contributed by atoms with Crippen LogP contribution in [-0.2, 0) is 0 Å². The fraction of sp³-hybridized carbons (Fsp3) is 0.462. The summed E-state index contributed by atoms with van der Waals surface area (Å²) >= 11 is 1.54. The summed E-state index contributed by atoms with van der Waals surface area (Å²) in [5, 5.41) is 4.36. The van der Waals surface area contributed by atoms with Crippen molar-refractivity contribution in [1.29, 1.82) is 0 Å². The Balaban J connectivity index is 0.000000574. The van der Waals surface area contributed by atoms with Gasteiger partial charge in [0, 0.05) is 6.04 Å². The summed E-state index contributed by atoms with van der Waals surface area (Å²) in [5.41, 5.74) is 5.38. The van der Waals surface area contributed by atoms with E-state index in [2.05, 4.69) is 16.0 Å². The normalized spacial score (nSPS) is 15.5. The zero-order valence-electron chi connectivity index (χ0n) is 10.4. The maximum Gasteiger partial charge on any atom is 0.184 e. The first-order valence-corrected chi connectivity index (χ1v) is 7.03. The summed E-state index contributed by atoms with van der Waals surface area (Å²) in [6.07, 6.45) is 5.06. The Kier molecular flexibility index (Phi) is 4.49. The van der Waals surface area contributed by atoms with E-state index < -0.39 is 0 Å². The Hall–Kier alpha value is -1.20. The number of fused-ring (bicyclic) bond motifs is 1. The maximum absolute atomic E-state index is 13.0. The summed E-state index contributed by atoms with van der Waals surface area (Å²) < 4.78 is 13.9. The third-order valence-corrected chi connectivity index (χ3v) is 3.98. The summed E-state index contributed by atoms with van der Waals surface area (Å²) in [6.45, 7) is 0. The maximum atomic E-state index is 13.0. The van der Waals surface area contributed by atoms with E-state index >= 15 is 0 Å².